The summed E-state index contributed by atoms with van der Waals surface area (Å²) in [6.07, 6.45) is 2.05. The zero-order chi connectivity index (χ0) is 15.4. The highest BCUT2D eigenvalue weighted by molar-refractivity contribution is 5.88. The van der Waals surface area contributed by atoms with Gasteiger partial charge < -0.3 is 10.6 Å². The first-order chi connectivity index (χ1) is 10.7. The minimum Gasteiger partial charge on any atom is -0.364 e. The third-order valence-electron chi connectivity index (χ3n) is 3.24. The molecule has 1 aromatic heterocycles. The second kappa shape index (κ2) is 6.38. The first-order valence-corrected chi connectivity index (χ1v) is 7.09. The molecule has 0 unspecified atom stereocenters. The van der Waals surface area contributed by atoms with Crippen LogP contribution in [0.25, 0.3) is 0 Å². The summed E-state index contributed by atoms with van der Waals surface area (Å²) < 4.78 is 13.5. The van der Waals surface area contributed by atoms with Crippen molar-refractivity contribution in [3.63, 3.8) is 0 Å². The lowest BCUT2D eigenvalue weighted by Crippen LogP contribution is -2.30. The van der Waals surface area contributed by atoms with Crippen molar-refractivity contribution in [1.29, 1.82) is 0 Å². The number of nitrogens with zero attached hydrogens (tertiary/aromatic N) is 2. The smallest absolute Gasteiger partial charge is 0.320 e. The summed E-state index contributed by atoms with van der Waals surface area (Å²) in [5, 5.41) is 16.2. The van der Waals surface area contributed by atoms with Crippen molar-refractivity contribution < 1.29 is 9.18 Å². The highest BCUT2D eigenvalue weighted by Gasteiger charge is 2.23. The van der Waals surface area contributed by atoms with Gasteiger partial charge in [-0.25, -0.2) is 9.18 Å². The molecule has 1 fully saturated rings. The second-order valence-electron chi connectivity index (χ2n) is 5.12. The van der Waals surface area contributed by atoms with Gasteiger partial charge in [-0.15, -0.1) is 10.2 Å². The van der Waals surface area contributed by atoms with Gasteiger partial charge in [-0.3, -0.25) is 5.32 Å². The molecule has 1 saturated carbocycles. The third-order valence-corrected chi connectivity index (χ3v) is 3.24. The maximum absolute atomic E-state index is 13.5. The Bertz CT molecular complexity index is 657. The van der Waals surface area contributed by atoms with Crippen molar-refractivity contribution in [3.8, 4) is 0 Å². The van der Waals surface area contributed by atoms with Gasteiger partial charge in [-0.1, -0.05) is 18.2 Å². The van der Waals surface area contributed by atoms with E-state index < -0.39 is 0 Å². The molecule has 0 saturated heterocycles. The summed E-state index contributed by atoms with van der Waals surface area (Å²) >= 11 is 0. The van der Waals surface area contributed by atoms with E-state index in [9.17, 15) is 9.18 Å². The minimum atomic E-state index is -0.274. The van der Waals surface area contributed by atoms with E-state index in [2.05, 4.69) is 26.1 Å². The fourth-order valence-electron chi connectivity index (χ4n) is 1.89. The van der Waals surface area contributed by atoms with E-state index in [1.807, 2.05) is 0 Å². The number of aromatic nitrogens is 2. The Morgan fingerprint density at radius 2 is 1.86 bits per heavy atom. The Balaban J connectivity index is 1.52. The van der Waals surface area contributed by atoms with Crippen LogP contribution in [-0.4, -0.2) is 22.3 Å². The molecule has 0 spiro atoms. The molecule has 1 aliphatic carbocycles. The summed E-state index contributed by atoms with van der Waals surface area (Å²) in [6, 6.07) is 9.87. The number of anilines is 2. The quantitative estimate of drug-likeness (QED) is 0.793. The van der Waals surface area contributed by atoms with Crippen LogP contribution in [0.5, 0.6) is 0 Å². The maximum Gasteiger partial charge on any atom is 0.320 e. The number of hydrogen-bond donors (Lipinski definition) is 3. The van der Waals surface area contributed by atoms with E-state index in [0.29, 0.717) is 23.7 Å². The van der Waals surface area contributed by atoms with Crippen molar-refractivity contribution in [2.45, 2.75) is 25.4 Å². The predicted octanol–water partition coefficient (Wildman–Crippen LogP) is 2.51. The highest BCUT2D eigenvalue weighted by atomic mass is 19.1. The molecule has 1 aromatic carbocycles. The van der Waals surface area contributed by atoms with Crippen LogP contribution in [0.3, 0.4) is 0 Å². The Morgan fingerprint density at radius 3 is 2.55 bits per heavy atom. The van der Waals surface area contributed by atoms with Gasteiger partial charge in [0, 0.05) is 18.2 Å². The maximum atomic E-state index is 13.5. The van der Waals surface area contributed by atoms with Gasteiger partial charge >= 0.3 is 6.03 Å². The van der Waals surface area contributed by atoms with Crippen LogP contribution in [0.4, 0.5) is 20.8 Å². The molecule has 0 aliphatic heterocycles. The van der Waals surface area contributed by atoms with E-state index in [0.717, 1.165) is 12.8 Å². The molecule has 2 aromatic rings. The van der Waals surface area contributed by atoms with E-state index in [-0.39, 0.29) is 17.9 Å². The highest BCUT2D eigenvalue weighted by Crippen LogP contribution is 2.18. The number of benzene rings is 1. The molecule has 6 nitrogen and oxygen atoms in total. The number of nitrogens with one attached hydrogen (secondary N) is 3. The molecule has 3 N–H and O–H groups in total. The van der Waals surface area contributed by atoms with E-state index >= 15 is 0 Å². The van der Waals surface area contributed by atoms with Crippen molar-refractivity contribution in [2.24, 2.45) is 0 Å². The number of urea groups is 1. The molecule has 1 aliphatic rings. The fourth-order valence-corrected chi connectivity index (χ4v) is 1.89. The Labute approximate surface area is 127 Å². The number of carbonyl (C=O) groups is 1. The molecular formula is C15H16FN5O. The lowest BCUT2D eigenvalue weighted by atomic mass is 10.2. The first-order valence-electron chi connectivity index (χ1n) is 7.09. The Kier molecular flexibility index (Phi) is 4.13. The van der Waals surface area contributed by atoms with Gasteiger partial charge in [0.05, 0.1) is 0 Å². The average molecular weight is 301 g/mol. The van der Waals surface area contributed by atoms with Crippen molar-refractivity contribution in [3.05, 3.63) is 47.8 Å². The lowest BCUT2D eigenvalue weighted by molar-refractivity contribution is 0.251. The van der Waals surface area contributed by atoms with Crippen LogP contribution in [-0.2, 0) is 6.54 Å². The molecule has 0 radical (unpaired) electrons. The summed E-state index contributed by atoms with van der Waals surface area (Å²) in [6.45, 7) is 0.316. The SMILES string of the molecule is O=C(Nc1ccc(NCc2ccccc2F)nn1)NC1CC1. The van der Waals surface area contributed by atoms with Crippen molar-refractivity contribution in [1.82, 2.24) is 15.5 Å². The normalized spacial score (nSPS) is 13.5. The average Bonchev–Trinajstić information content (AvgIpc) is 3.32. The van der Waals surface area contributed by atoms with Crippen LogP contribution in [0.1, 0.15) is 18.4 Å². The largest absolute Gasteiger partial charge is 0.364 e. The first kappa shape index (κ1) is 14.2. The standard InChI is InChI=1S/C15H16FN5O/c16-12-4-2-1-3-10(12)9-17-13-7-8-14(21-20-13)19-15(22)18-11-5-6-11/h1-4,7-8,11H,5-6,9H2,(H,17,20)(H2,18,19,21,22). The van der Waals surface area contributed by atoms with Gasteiger partial charge in [0.2, 0.25) is 0 Å². The van der Waals surface area contributed by atoms with E-state index in [4.69, 9.17) is 0 Å². The molecule has 1 heterocycles. The number of carbonyl (C=O) groups excluding carboxylic acids is 1. The molecular weight excluding hydrogens is 285 g/mol. The minimum absolute atomic E-state index is 0.266. The zero-order valence-electron chi connectivity index (χ0n) is 11.8. The number of halogens is 1. The van der Waals surface area contributed by atoms with E-state index in [1.54, 1.807) is 30.3 Å². The monoisotopic (exact) mass is 301 g/mol. The van der Waals surface area contributed by atoms with Gasteiger partial charge in [-0.2, -0.15) is 0 Å². The number of amides is 2. The van der Waals surface area contributed by atoms with Crippen LogP contribution >= 0.6 is 0 Å². The number of rotatable bonds is 5. The molecule has 3 rings (SSSR count). The lowest BCUT2D eigenvalue weighted by Gasteiger charge is -2.08. The summed E-state index contributed by atoms with van der Waals surface area (Å²) in [4.78, 5) is 11.5. The molecule has 114 valence electrons. The molecule has 22 heavy (non-hydrogen) atoms. The van der Waals surface area contributed by atoms with Gasteiger partial charge in [0.15, 0.2) is 5.82 Å². The molecule has 0 bridgehead atoms. The summed E-state index contributed by atoms with van der Waals surface area (Å²) in [5.41, 5.74) is 0.551. The number of hydrogen-bond acceptors (Lipinski definition) is 4. The Morgan fingerprint density at radius 1 is 1.14 bits per heavy atom. The van der Waals surface area contributed by atoms with Crippen LogP contribution in [0.2, 0.25) is 0 Å². The van der Waals surface area contributed by atoms with Crippen LogP contribution in [0, 0.1) is 5.82 Å². The van der Waals surface area contributed by atoms with Crippen LogP contribution < -0.4 is 16.0 Å². The Hall–Kier alpha value is -2.70. The fraction of sp³-hybridized carbons (Fsp3) is 0.267. The van der Waals surface area contributed by atoms with Gasteiger partial charge in [0.1, 0.15) is 11.6 Å². The van der Waals surface area contributed by atoms with Gasteiger partial charge in [-0.05, 0) is 31.0 Å². The molecule has 2 amide bonds. The molecule has 7 heteroatoms. The second-order valence-corrected chi connectivity index (χ2v) is 5.12. The van der Waals surface area contributed by atoms with Gasteiger partial charge in [0.25, 0.3) is 0 Å². The summed E-state index contributed by atoms with van der Waals surface area (Å²) in [7, 11) is 0. The van der Waals surface area contributed by atoms with E-state index in [1.165, 1.54) is 6.07 Å². The van der Waals surface area contributed by atoms with Crippen molar-refractivity contribution in [2.75, 3.05) is 10.6 Å². The topological polar surface area (TPSA) is 78.9 Å². The zero-order valence-corrected chi connectivity index (χ0v) is 11.8. The van der Waals surface area contributed by atoms with Crippen molar-refractivity contribution >= 4 is 17.7 Å². The predicted molar refractivity (Wildman–Crippen MR) is 80.9 cm³/mol. The van der Waals surface area contributed by atoms with Crippen LogP contribution in [0.15, 0.2) is 36.4 Å². The summed E-state index contributed by atoms with van der Waals surface area (Å²) in [5.74, 6) is 0.615. The third kappa shape index (κ3) is 3.91. The molecule has 0 atom stereocenters.